The summed E-state index contributed by atoms with van der Waals surface area (Å²) in [7, 11) is 1.99. The Hall–Kier alpha value is -1.46. The summed E-state index contributed by atoms with van der Waals surface area (Å²) < 4.78 is 0. The van der Waals surface area contributed by atoms with Gasteiger partial charge < -0.3 is 26.8 Å². The summed E-state index contributed by atoms with van der Waals surface area (Å²) in [6.07, 6.45) is 0.991. The van der Waals surface area contributed by atoms with E-state index in [2.05, 4.69) is 10.2 Å². The summed E-state index contributed by atoms with van der Waals surface area (Å²) in [5, 5.41) is 12.0. The number of nitrogens with zero attached hydrogens (tertiary/aromatic N) is 1. The standard InChI is InChI=1S/C12H22N4O/c1-16(7-8-17)6-2-5-15-12-9-10(13)3-4-11(12)14/h3-4,9,15,17H,2,5-8,13-14H2,1H3. The summed E-state index contributed by atoms with van der Waals surface area (Å²) in [6.45, 7) is 2.69. The van der Waals surface area contributed by atoms with Crippen molar-refractivity contribution < 1.29 is 5.11 Å². The third-order valence-electron chi connectivity index (χ3n) is 2.59. The second-order valence-electron chi connectivity index (χ2n) is 4.15. The number of aliphatic hydroxyl groups excluding tert-OH is 1. The fourth-order valence-corrected chi connectivity index (χ4v) is 1.58. The van der Waals surface area contributed by atoms with Crippen LogP contribution in [0.5, 0.6) is 0 Å². The molecule has 1 aromatic rings. The van der Waals surface area contributed by atoms with Crippen molar-refractivity contribution in [1.29, 1.82) is 0 Å². The largest absolute Gasteiger partial charge is 0.399 e. The molecule has 6 N–H and O–H groups in total. The SMILES string of the molecule is CN(CCO)CCCNc1cc(N)ccc1N. The first-order chi connectivity index (χ1) is 8.13. The van der Waals surface area contributed by atoms with Gasteiger partial charge in [-0.05, 0) is 38.2 Å². The van der Waals surface area contributed by atoms with E-state index in [0.717, 1.165) is 25.2 Å². The van der Waals surface area contributed by atoms with Crippen molar-refractivity contribution in [3.63, 3.8) is 0 Å². The average molecular weight is 238 g/mol. The van der Waals surface area contributed by atoms with Gasteiger partial charge in [-0.1, -0.05) is 0 Å². The van der Waals surface area contributed by atoms with Crippen molar-refractivity contribution in [2.75, 3.05) is 50.1 Å². The lowest BCUT2D eigenvalue weighted by Crippen LogP contribution is -2.24. The summed E-state index contributed by atoms with van der Waals surface area (Å²) in [5.74, 6) is 0. The van der Waals surface area contributed by atoms with Crippen LogP contribution >= 0.6 is 0 Å². The first-order valence-electron chi connectivity index (χ1n) is 5.81. The zero-order valence-electron chi connectivity index (χ0n) is 10.3. The minimum Gasteiger partial charge on any atom is -0.399 e. The molecular formula is C12H22N4O. The van der Waals surface area contributed by atoms with Crippen LogP contribution in [0.3, 0.4) is 0 Å². The third-order valence-corrected chi connectivity index (χ3v) is 2.59. The van der Waals surface area contributed by atoms with Gasteiger partial charge in [0.15, 0.2) is 0 Å². The van der Waals surface area contributed by atoms with Gasteiger partial charge in [0, 0.05) is 18.8 Å². The minimum atomic E-state index is 0.200. The van der Waals surface area contributed by atoms with Crippen LogP contribution in [0.15, 0.2) is 18.2 Å². The molecule has 0 amide bonds. The zero-order valence-corrected chi connectivity index (χ0v) is 10.3. The van der Waals surface area contributed by atoms with Crippen LogP contribution in [-0.2, 0) is 0 Å². The molecule has 1 rings (SSSR count). The minimum absolute atomic E-state index is 0.200. The Labute approximate surface area is 102 Å². The molecule has 5 nitrogen and oxygen atoms in total. The first-order valence-corrected chi connectivity index (χ1v) is 5.81. The van der Waals surface area contributed by atoms with E-state index in [0.29, 0.717) is 17.9 Å². The van der Waals surface area contributed by atoms with Crippen LogP contribution in [-0.4, -0.2) is 43.3 Å². The number of anilines is 3. The summed E-state index contributed by atoms with van der Waals surface area (Å²) >= 11 is 0. The highest BCUT2D eigenvalue weighted by molar-refractivity contribution is 5.70. The third kappa shape index (κ3) is 4.93. The fraction of sp³-hybridized carbons (Fsp3) is 0.500. The van der Waals surface area contributed by atoms with Gasteiger partial charge in [-0.25, -0.2) is 0 Å². The van der Waals surface area contributed by atoms with Crippen LogP contribution in [0.4, 0.5) is 17.1 Å². The summed E-state index contributed by atoms with van der Waals surface area (Å²) in [6, 6.07) is 5.43. The number of rotatable bonds is 7. The molecule has 0 aliphatic carbocycles. The molecule has 17 heavy (non-hydrogen) atoms. The van der Waals surface area contributed by atoms with Gasteiger partial charge in [0.25, 0.3) is 0 Å². The lowest BCUT2D eigenvalue weighted by molar-refractivity contribution is 0.221. The van der Waals surface area contributed by atoms with Crippen LogP contribution in [0.1, 0.15) is 6.42 Å². The molecule has 0 spiro atoms. The zero-order chi connectivity index (χ0) is 12.7. The number of hydrogen-bond acceptors (Lipinski definition) is 5. The number of benzene rings is 1. The van der Waals surface area contributed by atoms with Crippen molar-refractivity contribution in [3.05, 3.63) is 18.2 Å². The topological polar surface area (TPSA) is 87.5 Å². The van der Waals surface area contributed by atoms with E-state index in [-0.39, 0.29) is 6.61 Å². The Balaban J connectivity index is 2.28. The van der Waals surface area contributed by atoms with E-state index in [1.807, 2.05) is 13.1 Å². The van der Waals surface area contributed by atoms with Gasteiger partial charge in [0.05, 0.1) is 18.0 Å². The summed E-state index contributed by atoms with van der Waals surface area (Å²) in [5.41, 5.74) is 13.8. The second-order valence-corrected chi connectivity index (χ2v) is 4.15. The van der Waals surface area contributed by atoms with E-state index in [1.54, 1.807) is 12.1 Å². The quantitative estimate of drug-likeness (QED) is 0.412. The monoisotopic (exact) mass is 238 g/mol. The van der Waals surface area contributed by atoms with Crippen molar-refractivity contribution in [3.8, 4) is 0 Å². The predicted octanol–water partition coefficient (Wildman–Crippen LogP) is 0.577. The van der Waals surface area contributed by atoms with Gasteiger partial charge in [0.1, 0.15) is 0 Å². The van der Waals surface area contributed by atoms with Gasteiger partial charge in [-0.3, -0.25) is 0 Å². The lowest BCUT2D eigenvalue weighted by atomic mass is 10.2. The number of hydrogen-bond donors (Lipinski definition) is 4. The highest BCUT2D eigenvalue weighted by Gasteiger charge is 2.00. The molecule has 0 saturated carbocycles. The van der Waals surface area contributed by atoms with Crippen molar-refractivity contribution in [1.82, 2.24) is 4.90 Å². The van der Waals surface area contributed by atoms with Crippen molar-refractivity contribution >= 4 is 17.1 Å². The molecule has 0 saturated heterocycles. The molecule has 1 aromatic carbocycles. The fourth-order valence-electron chi connectivity index (χ4n) is 1.58. The predicted molar refractivity (Wildman–Crippen MR) is 73.0 cm³/mol. The number of likely N-dealkylation sites (N-methyl/N-ethyl adjacent to an activating group) is 1. The molecule has 0 aromatic heterocycles. The Bertz CT molecular complexity index is 343. The Morgan fingerprint density at radius 2 is 2.06 bits per heavy atom. The molecular weight excluding hydrogens is 216 g/mol. The Kier molecular flexibility index (Phi) is 5.59. The lowest BCUT2D eigenvalue weighted by Gasteiger charge is -2.15. The van der Waals surface area contributed by atoms with E-state index >= 15 is 0 Å². The van der Waals surface area contributed by atoms with Gasteiger partial charge in [0.2, 0.25) is 0 Å². The van der Waals surface area contributed by atoms with Gasteiger partial charge in [-0.2, -0.15) is 0 Å². The molecule has 0 heterocycles. The maximum Gasteiger partial charge on any atom is 0.0594 e. The normalized spacial score (nSPS) is 10.8. The smallest absolute Gasteiger partial charge is 0.0594 e. The maximum absolute atomic E-state index is 8.75. The molecule has 0 aliphatic rings. The first kappa shape index (κ1) is 13.6. The number of nitrogens with two attached hydrogens (primary N) is 2. The van der Waals surface area contributed by atoms with Crippen LogP contribution in [0.25, 0.3) is 0 Å². The molecule has 0 aliphatic heterocycles. The Morgan fingerprint density at radius 3 is 2.76 bits per heavy atom. The van der Waals surface area contributed by atoms with Gasteiger partial charge in [-0.15, -0.1) is 0 Å². The highest BCUT2D eigenvalue weighted by atomic mass is 16.3. The number of nitrogen functional groups attached to an aromatic ring is 2. The Morgan fingerprint density at radius 1 is 1.29 bits per heavy atom. The second kappa shape index (κ2) is 6.98. The number of nitrogens with one attached hydrogen (secondary N) is 1. The van der Waals surface area contributed by atoms with Crippen LogP contribution < -0.4 is 16.8 Å². The van der Waals surface area contributed by atoms with E-state index in [4.69, 9.17) is 16.6 Å². The highest BCUT2D eigenvalue weighted by Crippen LogP contribution is 2.20. The van der Waals surface area contributed by atoms with E-state index in [9.17, 15) is 0 Å². The molecule has 5 heteroatoms. The van der Waals surface area contributed by atoms with Crippen LogP contribution in [0.2, 0.25) is 0 Å². The van der Waals surface area contributed by atoms with Crippen LogP contribution in [0, 0.1) is 0 Å². The average Bonchev–Trinajstić information content (AvgIpc) is 2.29. The van der Waals surface area contributed by atoms with E-state index < -0.39 is 0 Å². The van der Waals surface area contributed by atoms with Gasteiger partial charge >= 0.3 is 0 Å². The summed E-state index contributed by atoms with van der Waals surface area (Å²) in [4.78, 5) is 2.09. The van der Waals surface area contributed by atoms with Crippen molar-refractivity contribution in [2.24, 2.45) is 0 Å². The molecule has 0 radical (unpaired) electrons. The molecule has 0 fully saturated rings. The van der Waals surface area contributed by atoms with Crippen molar-refractivity contribution in [2.45, 2.75) is 6.42 Å². The molecule has 0 unspecified atom stereocenters. The van der Waals surface area contributed by atoms with E-state index in [1.165, 1.54) is 0 Å². The number of aliphatic hydroxyl groups is 1. The maximum atomic E-state index is 8.75. The molecule has 0 bridgehead atoms. The molecule has 0 atom stereocenters. The molecule has 96 valence electrons.